The highest BCUT2D eigenvalue weighted by Gasteiger charge is 2.35. The van der Waals surface area contributed by atoms with Crippen LogP contribution in [0.4, 0.5) is 0 Å². The predicted molar refractivity (Wildman–Crippen MR) is 59.5 cm³/mol. The van der Waals surface area contributed by atoms with E-state index < -0.39 is 0 Å². The lowest BCUT2D eigenvalue weighted by molar-refractivity contribution is 0.0809. The number of rotatable bonds is 0. The molecule has 0 N–H and O–H groups in total. The number of carbonyl (C=O) groups is 1. The Balaban J connectivity index is 2.57. The first kappa shape index (κ1) is 9.97. The summed E-state index contributed by atoms with van der Waals surface area (Å²) in [6.45, 7) is 4.05. The molecule has 1 aliphatic rings. The summed E-state index contributed by atoms with van der Waals surface area (Å²) in [5.41, 5.74) is 1.88. The standard InChI is InChI=1S/C11H14BrNO/c1-11(2)5-4-8-7(10(11)14)6-9(12)13(8)3/h6H,4-5H2,1-3H3. The molecule has 0 saturated heterocycles. The molecule has 0 spiro atoms. The zero-order chi connectivity index (χ0) is 10.5. The van der Waals surface area contributed by atoms with E-state index in [9.17, 15) is 4.79 Å². The normalized spacial score (nSPS) is 19.6. The average Bonchev–Trinajstić information content (AvgIpc) is 2.38. The number of halogens is 1. The second-order valence-corrected chi connectivity index (χ2v) is 5.41. The second-order valence-electron chi connectivity index (χ2n) is 4.60. The highest BCUT2D eigenvalue weighted by atomic mass is 79.9. The van der Waals surface area contributed by atoms with E-state index in [-0.39, 0.29) is 11.2 Å². The van der Waals surface area contributed by atoms with Gasteiger partial charge in [-0.3, -0.25) is 4.79 Å². The summed E-state index contributed by atoms with van der Waals surface area (Å²) in [4.78, 5) is 12.1. The van der Waals surface area contributed by atoms with Crippen molar-refractivity contribution < 1.29 is 4.79 Å². The van der Waals surface area contributed by atoms with Crippen LogP contribution >= 0.6 is 15.9 Å². The quantitative estimate of drug-likeness (QED) is 0.699. The van der Waals surface area contributed by atoms with E-state index in [0.29, 0.717) is 0 Å². The van der Waals surface area contributed by atoms with Gasteiger partial charge in [-0.05, 0) is 34.8 Å². The summed E-state index contributed by atoms with van der Waals surface area (Å²) in [7, 11) is 1.99. The maximum atomic E-state index is 12.1. The Bertz CT molecular complexity index is 404. The topological polar surface area (TPSA) is 22.0 Å². The molecule has 0 aliphatic heterocycles. The van der Waals surface area contributed by atoms with Gasteiger partial charge < -0.3 is 4.57 Å². The fourth-order valence-corrected chi connectivity index (χ4v) is 2.46. The lowest BCUT2D eigenvalue weighted by Gasteiger charge is -2.28. The minimum atomic E-state index is -0.187. The van der Waals surface area contributed by atoms with Crippen LogP contribution in [0.3, 0.4) is 0 Å². The summed E-state index contributed by atoms with van der Waals surface area (Å²) < 4.78 is 3.05. The SMILES string of the molecule is Cn1c(Br)cc2c1CCC(C)(C)C2=O. The molecule has 14 heavy (non-hydrogen) atoms. The third-order valence-electron chi connectivity index (χ3n) is 3.15. The van der Waals surface area contributed by atoms with Gasteiger partial charge >= 0.3 is 0 Å². The van der Waals surface area contributed by atoms with Gasteiger partial charge in [-0.15, -0.1) is 0 Å². The Labute approximate surface area is 92.4 Å². The predicted octanol–water partition coefficient (Wildman–Crippen LogP) is 2.94. The number of hydrogen-bond donors (Lipinski definition) is 0. The van der Waals surface area contributed by atoms with Crippen LogP contribution in [0, 0.1) is 5.41 Å². The number of aromatic nitrogens is 1. The molecular weight excluding hydrogens is 242 g/mol. The Hall–Kier alpha value is -0.570. The largest absolute Gasteiger partial charge is 0.342 e. The van der Waals surface area contributed by atoms with Gasteiger partial charge in [-0.25, -0.2) is 0 Å². The monoisotopic (exact) mass is 255 g/mol. The molecule has 3 heteroatoms. The van der Waals surface area contributed by atoms with E-state index in [0.717, 1.165) is 23.0 Å². The van der Waals surface area contributed by atoms with Crippen molar-refractivity contribution in [2.24, 2.45) is 12.5 Å². The summed E-state index contributed by atoms with van der Waals surface area (Å²) in [6, 6.07) is 1.94. The Morgan fingerprint density at radius 1 is 1.50 bits per heavy atom. The van der Waals surface area contributed by atoms with Crippen LogP contribution in [0.2, 0.25) is 0 Å². The maximum Gasteiger partial charge on any atom is 0.170 e. The van der Waals surface area contributed by atoms with Gasteiger partial charge in [0, 0.05) is 23.7 Å². The number of Topliss-reactive ketones (excluding diaryl/α,β-unsaturated/α-hetero) is 1. The molecule has 0 bridgehead atoms. The molecule has 2 nitrogen and oxygen atoms in total. The molecule has 0 radical (unpaired) electrons. The van der Waals surface area contributed by atoms with Crippen molar-refractivity contribution >= 4 is 21.7 Å². The molecule has 0 aromatic carbocycles. The first-order valence-corrected chi connectivity index (χ1v) is 5.61. The third kappa shape index (κ3) is 1.26. The van der Waals surface area contributed by atoms with E-state index >= 15 is 0 Å². The van der Waals surface area contributed by atoms with E-state index in [1.54, 1.807) is 0 Å². The second kappa shape index (κ2) is 2.96. The van der Waals surface area contributed by atoms with E-state index in [1.807, 2.05) is 27.0 Å². The summed E-state index contributed by atoms with van der Waals surface area (Å²) in [5, 5.41) is 0. The Morgan fingerprint density at radius 3 is 2.79 bits per heavy atom. The molecule has 0 saturated carbocycles. The van der Waals surface area contributed by atoms with Gasteiger partial charge in [0.25, 0.3) is 0 Å². The number of hydrogen-bond acceptors (Lipinski definition) is 1. The van der Waals surface area contributed by atoms with Crippen LogP contribution < -0.4 is 0 Å². The molecule has 1 aliphatic carbocycles. The van der Waals surface area contributed by atoms with Crippen molar-refractivity contribution in [1.29, 1.82) is 0 Å². The van der Waals surface area contributed by atoms with Crippen LogP contribution in [0.1, 0.15) is 36.3 Å². The fraction of sp³-hybridized carbons (Fsp3) is 0.545. The number of ketones is 1. The number of carbonyl (C=O) groups excluding carboxylic acids is 1. The maximum absolute atomic E-state index is 12.1. The lowest BCUT2D eigenvalue weighted by Crippen LogP contribution is -2.30. The molecule has 2 rings (SSSR count). The van der Waals surface area contributed by atoms with E-state index in [2.05, 4.69) is 20.5 Å². The minimum absolute atomic E-state index is 0.187. The van der Waals surface area contributed by atoms with Gasteiger partial charge in [-0.1, -0.05) is 13.8 Å². The van der Waals surface area contributed by atoms with Crippen molar-refractivity contribution in [3.05, 3.63) is 21.9 Å². The molecule has 1 aromatic rings. The molecule has 0 unspecified atom stereocenters. The van der Waals surface area contributed by atoms with Gasteiger partial charge in [0.1, 0.15) is 0 Å². The summed E-state index contributed by atoms with van der Waals surface area (Å²) in [5.74, 6) is 0.278. The zero-order valence-electron chi connectivity index (χ0n) is 8.72. The molecule has 0 atom stereocenters. The van der Waals surface area contributed by atoms with Crippen molar-refractivity contribution in [2.75, 3.05) is 0 Å². The smallest absolute Gasteiger partial charge is 0.170 e. The molecule has 1 aromatic heterocycles. The van der Waals surface area contributed by atoms with Crippen molar-refractivity contribution in [2.45, 2.75) is 26.7 Å². The van der Waals surface area contributed by atoms with E-state index in [4.69, 9.17) is 0 Å². The Morgan fingerprint density at radius 2 is 2.14 bits per heavy atom. The van der Waals surface area contributed by atoms with Crippen LogP contribution in [0.5, 0.6) is 0 Å². The molecule has 1 heterocycles. The number of nitrogens with zero attached hydrogens (tertiary/aromatic N) is 1. The van der Waals surface area contributed by atoms with Crippen molar-refractivity contribution in [1.82, 2.24) is 4.57 Å². The van der Waals surface area contributed by atoms with Crippen molar-refractivity contribution in [3.8, 4) is 0 Å². The van der Waals surface area contributed by atoms with Crippen molar-refractivity contribution in [3.63, 3.8) is 0 Å². The first-order valence-electron chi connectivity index (χ1n) is 4.82. The van der Waals surface area contributed by atoms with Crippen LogP contribution in [-0.4, -0.2) is 10.4 Å². The third-order valence-corrected chi connectivity index (χ3v) is 3.91. The first-order chi connectivity index (χ1) is 6.43. The highest BCUT2D eigenvalue weighted by Crippen LogP contribution is 2.36. The van der Waals surface area contributed by atoms with Crippen LogP contribution in [0.15, 0.2) is 10.7 Å². The summed E-state index contributed by atoms with van der Waals surface area (Å²) in [6.07, 6.45) is 1.94. The zero-order valence-corrected chi connectivity index (χ0v) is 10.3. The molecule has 76 valence electrons. The number of fused-ring (bicyclic) bond motifs is 1. The molecular formula is C11H14BrNO. The Kier molecular flexibility index (Phi) is 2.11. The highest BCUT2D eigenvalue weighted by molar-refractivity contribution is 9.10. The van der Waals surface area contributed by atoms with Gasteiger partial charge in [0.2, 0.25) is 0 Å². The van der Waals surface area contributed by atoms with Gasteiger partial charge in [-0.2, -0.15) is 0 Å². The summed E-state index contributed by atoms with van der Waals surface area (Å²) >= 11 is 3.45. The average molecular weight is 256 g/mol. The fourth-order valence-electron chi connectivity index (χ4n) is 2.02. The molecule has 0 fully saturated rings. The van der Waals surface area contributed by atoms with Gasteiger partial charge in [0.15, 0.2) is 5.78 Å². The van der Waals surface area contributed by atoms with Crippen LogP contribution in [-0.2, 0) is 13.5 Å². The molecule has 0 amide bonds. The lowest BCUT2D eigenvalue weighted by atomic mass is 9.75. The van der Waals surface area contributed by atoms with Crippen LogP contribution in [0.25, 0.3) is 0 Å². The van der Waals surface area contributed by atoms with E-state index in [1.165, 1.54) is 5.69 Å². The van der Waals surface area contributed by atoms with Gasteiger partial charge in [0.05, 0.1) is 4.60 Å². The minimum Gasteiger partial charge on any atom is -0.342 e.